The molecule has 150 valence electrons. The average Bonchev–Trinajstić information content (AvgIpc) is 2.73. The number of hydrogen-bond donors (Lipinski definition) is 1. The Morgan fingerprint density at radius 2 is 1.71 bits per heavy atom. The second-order valence-electron chi connectivity index (χ2n) is 7.30. The summed E-state index contributed by atoms with van der Waals surface area (Å²) in [6, 6.07) is 15.5. The van der Waals surface area contributed by atoms with Crippen LogP contribution in [0.1, 0.15) is 13.8 Å². The molecule has 0 unspecified atom stereocenters. The minimum atomic E-state index is -0.0880. The molecular weight excluding hydrogens is 354 g/mol. The lowest BCUT2D eigenvalue weighted by Crippen LogP contribution is -2.50. The highest BCUT2D eigenvalue weighted by molar-refractivity contribution is 5.91. The zero-order chi connectivity index (χ0) is 19.9. The highest BCUT2D eigenvalue weighted by Gasteiger charge is 2.22. The van der Waals surface area contributed by atoms with E-state index in [4.69, 9.17) is 9.47 Å². The van der Waals surface area contributed by atoms with Crippen molar-refractivity contribution in [2.45, 2.75) is 13.8 Å². The molecule has 0 saturated carbocycles. The number of urea groups is 1. The highest BCUT2D eigenvalue weighted by Crippen LogP contribution is 2.25. The van der Waals surface area contributed by atoms with Gasteiger partial charge in [0.05, 0.1) is 19.4 Å². The van der Waals surface area contributed by atoms with E-state index in [2.05, 4.69) is 36.2 Å². The van der Waals surface area contributed by atoms with E-state index in [1.165, 1.54) is 0 Å². The number of benzene rings is 2. The third kappa shape index (κ3) is 5.09. The molecule has 0 aromatic heterocycles. The van der Waals surface area contributed by atoms with Gasteiger partial charge in [0.2, 0.25) is 0 Å². The monoisotopic (exact) mass is 383 g/mol. The van der Waals surface area contributed by atoms with Crippen LogP contribution < -0.4 is 19.7 Å². The lowest BCUT2D eigenvalue weighted by molar-refractivity contribution is 0.208. The number of amides is 2. The number of nitrogens with one attached hydrogen (secondary N) is 1. The summed E-state index contributed by atoms with van der Waals surface area (Å²) in [6.07, 6.45) is 0. The Hall–Kier alpha value is -2.89. The smallest absolute Gasteiger partial charge is 0.322 e. The first-order valence-electron chi connectivity index (χ1n) is 9.73. The molecule has 1 fully saturated rings. The standard InChI is InChI=1S/C22H29N3O3/c1-17(2)16-28-21-7-5-4-6-20(21)23-22(26)25-14-12-24(13-15-25)18-8-10-19(27-3)11-9-18/h4-11,17H,12-16H2,1-3H3,(H,23,26). The number of carbonyl (C=O) groups is 1. The lowest BCUT2D eigenvalue weighted by Gasteiger charge is -2.36. The van der Waals surface area contributed by atoms with Crippen LogP contribution in [0.2, 0.25) is 0 Å². The van der Waals surface area contributed by atoms with Crippen molar-refractivity contribution < 1.29 is 14.3 Å². The molecule has 3 rings (SSSR count). The second kappa shape index (κ2) is 9.35. The molecule has 6 heteroatoms. The van der Waals surface area contributed by atoms with Gasteiger partial charge in [0, 0.05) is 31.9 Å². The number of nitrogens with zero attached hydrogens (tertiary/aromatic N) is 2. The number of piperazine rings is 1. The number of methoxy groups -OCH3 is 1. The third-order valence-electron chi connectivity index (χ3n) is 4.71. The van der Waals surface area contributed by atoms with Crippen molar-refractivity contribution in [3.8, 4) is 11.5 Å². The molecule has 0 atom stereocenters. The molecule has 2 aromatic carbocycles. The van der Waals surface area contributed by atoms with Gasteiger partial charge < -0.3 is 24.6 Å². The van der Waals surface area contributed by atoms with Crippen molar-refractivity contribution in [3.63, 3.8) is 0 Å². The van der Waals surface area contributed by atoms with E-state index in [1.807, 2.05) is 41.3 Å². The first-order valence-corrected chi connectivity index (χ1v) is 9.73. The summed E-state index contributed by atoms with van der Waals surface area (Å²) < 4.78 is 11.0. The molecule has 1 aliphatic rings. The number of carbonyl (C=O) groups excluding carboxylic acids is 1. The zero-order valence-corrected chi connectivity index (χ0v) is 16.9. The van der Waals surface area contributed by atoms with Crippen LogP contribution in [0, 0.1) is 5.92 Å². The summed E-state index contributed by atoms with van der Waals surface area (Å²) in [7, 11) is 1.67. The Morgan fingerprint density at radius 3 is 2.36 bits per heavy atom. The fraction of sp³-hybridized carbons (Fsp3) is 0.409. The van der Waals surface area contributed by atoms with Gasteiger partial charge in [-0.3, -0.25) is 0 Å². The van der Waals surface area contributed by atoms with Gasteiger partial charge in [-0.25, -0.2) is 4.79 Å². The van der Waals surface area contributed by atoms with E-state index in [9.17, 15) is 4.79 Å². The van der Waals surface area contributed by atoms with E-state index in [0.717, 1.165) is 24.5 Å². The number of ether oxygens (including phenoxy) is 2. The van der Waals surface area contributed by atoms with Crippen molar-refractivity contribution in [2.75, 3.05) is 50.1 Å². The molecule has 2 amide bonds. The number of rotatable bonds is 6. The Kier molecular flexibility index (Phi) is 6.63. The molecule has 28 heavy (non-hydrogen) atoms. The van der Waals surface area contributed by atoms with Crippen LogP contribution in [-0.2, 0) is 0 Å². The van der Waals surface area contributed by atoms with E-state index in [-0.39, 0.29) is 6.03 Å². The van der Waals surface area contributed by atoms with Crippen LogP contribution in [-0.4, -0.2) is 50.8 Å². The topological polar surface area (TPSA) is 54.0 Å². The van der Waals surface area contributed by atoms with E-state index in [0.29, 0.717) is 37.1 Å². The van der Waals surface area contributed by atoms with Gasteiger partial charge in [0.25, 0.3) is 0 Å². The summed E-state index contributed by atoms with van der Waals surface area (Å²) in [5, 5.41) is 3.00. The maximum atomic E-state index is 12.7. The Morgan fingerprint density at radius 1 is 1.04 bits per heavy atom. The predicted octanol–water partition coefficient (Wildman–Crippen LogP) is 4.08. The van der Waals surface area contributed by atoms with Gasteiger partial charge in [0.15, 0.2) is 0 Å². The lowest BCUT2D eigenvalue weighted by atomic mass is 10.2. The summed E-state index contributed by atoms with van der Waals surface area (Å²) in [4.78, 5) is 16.8. The molecule has 1 heterocycles. The van der Waals surface area contributed by atoms with Crippen molar-refractivity contribution >= 4 is 17.4 Å². The molecule has 1 saturated heterocycles. The number of hydrogen-bond acceptors (Lipinski definition) is 4. The van der Waals surface area contributed by atoms with E-state index < -0.39 is 0 Å². The first kappa shape index (κ1) is 19.9. The SMILES string of the molecule is COc1ccc(N2CCN(C(=O)Nc3ccccc3OCC(C)C)CC2)cc1. The Balaban J connectivity index is 1.55. The molecule has 0 aliphatic carbocycles. The fourth-order valence-corrected chi connectivity index (χ4v) is 3.11. The minimum Gasteiger partial charge on any atom is -0.497 e. The quantitative estimate of drug-likeness (QED) is 0.817. The van der Waals surface area contributed by atoms with Gasteiger partial charge in [-0.2, -0.15) is 0 Å². The van der Waals surface area contributed by atoms with Gasteiger partial charge in [-0.05, 0) is 42.3 Å². The summed E-state index contributed by atoms with van der Waals surface area (Å²) >= 11 is 0. The van der Waals surface area contributed by atoms with Crippen LogP contribution in [0.15, 0.2) is 48.5 Å². The van der Waals surface area contributed by atoms with E-state index in [1.54, 1.807) is 7.11 Å². The molecule has 1 N–H and O–H groups in total. The Labute approximate surface area is 167 Å². The Bertz CT molecular complexity index is 769. The largest absolute Gasteiger partial charge is 0.497 e. The van der Waals surface area contributed by atoms with Crippen LogP contribution in [0.25, 0.3) is 0 Å². The van der Waals surface area contributed by atoms with Crippen molar-refractivity contribution in [3.05, 3.63) is 48.5 Å². The van der Waals surface area contributed by atoms with Crippen LogP contribution in [0.4, 0.5) is 16.2 Å². The normalized spacial score (nSPS) is 14.1. The molecule has 6 nitrogen and oxygen atoms in total. The second-order valence-corrected chi connectivity index (χ2v) is 7.30. The fourth-order valence-electron chi connectivity index (χ4n) is 3.11. The zero-order valence-electron chi connectivity index (χ0n) is 16.9. The number of anilines is 2. The summed E-state index contributed by atoms with van der Waals surface area (Å²) in [5.41, 5.74) is 1.86. The van der Waals surface area contributed by atoms with Gasteiger partial charge in [-0.15, -0.1) is 0 Å². The van der Waals surface area contributed by atoms with Gasteiger partial charge in [-0.1, -0.05) is 26.0 Å². The molecule has 0 bridgehead atoms. The maximum Gasteiger partial charge on any atom is 0.322 e. The third-order valence-corrected chi connectivity index (χ3v) is 4.71. The van der Waals surface area contributed by atoms with Crippen LogP contribution >= 0.6 is 0 Å². The van der Waals surface area contributed by atoms with Gasteiger partial charge in [0.1, 0.15) is 11.5 Å². The molecule has 0 spiro atoms. The molecule has 1 aliphatic heterocycles. The number of para-hydroxylation sites is 2. The minimum absolute atomic E-state index is 0.0880. The van der Waals surface area contributed by atoms with Gasteiger partial charge >= 0.3 is 6.03 Å². The molecular formula is C22H29N3O3. The van der Waals surface area contributed by atoms with Crippen molar-refractivity contribution in [1.82, 2.24) is 4.90 Å². The van der Waals surface area contributed by atoms with Crippen molar-refractivity contribution in [2.24, 2.45) is 5.92 Å². The van der Waals surface area contributed by atoms with Crippen LogP contribution in [0.3, 0.4) is 0 Å². The van der Waals surface area contributed by atoms with Crippen molar-refractivity contribution in [1.29, 1.82) is 0 Å². The maximum absolute atomic E-state index is 12.7. The first-order chi connectivity index (χ1) is 13.6. The van der Waals surface area contributed by atoms with E-state index >= 15 is 0 Å². The molecule has 0 radical (unpaired) electrons. The summed E-state index contributed by atoms with van der Waals surface area (Å²) in [5.74, 6) is 1.98. The van der Waals surface area contributed by atoms with Crippen LogP contribution in [0.5, 0.6) is 11.5 Å². The predicted molar refractivity (Wildman–Crippen MR) is 113 cm³/mol. The molecule has 2 aromatic rings. The highest BCUT2D eigenvalue weighted by atomic mass is 16.5. The summed E-state index contributed by atoms with van der Waals surface area (Å²) in [6.45, 7) is 7.76. The average molecular weight is 383 g/mol.